The molecule has 3 aromatic rings. The lowest BCUT2D eigenvalue weighted by Gasteiger charge is -2.16. The van der Waals surface area contributed by atoms with Crippen LogP contribution in [0.15, 0.2) is 54.6 Å². The smallest absolute Gasteiger partial charge is 0.261 e. The fraction of sp³-hybridized carbons (Fsp3) is 0.269. The van der Waals surface area contributed by atoms with Crippen LogP contribution in [-0.4, -0.2) is 29.9 Å². The van der Waals surface area contributed by atoms with E-state index in [4.69, 9.17) is 4.74 Å². The predicted octanol–water partition coefficient (Wildman–Crippen LogP) is 4.12. The molecule has 0 saturated carbocycles. The molecule has 2 amide bonds. The molecule has 0 aliphatic heterocycles. The quantitative estimate of drug-likeness (QED) is 0.590. The normalized spacial score (nSPS) is 11.5. The van der Waals surface area contributed by atoms with Crippen LogP contribution in [0.5, 0.6) is 5.75 Å². The van der Waals surface area contributed by atoms with Crippen LogP contribution in [0.4, 0.5) is 0 Å². The molecule has 1 heterocycles. The van der Waals surface area contributed by atoms with Gasteiger partial charge in [0.1, 0.15) is 5.75 Å². The number of amides is 2. The third-order valence-electron chi connectivity index (χ3n) is 5.43. The lowest BCUT2D eigenvalue weighted by atomic mass is 10.1. The van der Waals surface area contributed by atoms with Crippen molar-refractivity contribution in [3.63, 3.8) is 0 Å². The number of hydrogen-bond donors (Lipinski definition) is 2. The van der Waals surface area contributed by atoms with E-state index in [2.05, 4.69) is 15.6 Å². The molecule has 6 heteroatoms. The van der Waals surface area contributed by atoms with Gasteiger partial charge in [-0.25, -0.2) is 0 Å². The van der Waals surface area contributed by atoms with Gasteiger partial charge >= 0.3 is 0 Å². The Labute approximate surface area is 189 Å². The van der Waals surface area contributed by atoms with E-state index in [1.54, 1.807) is 20.0 Å². The summed E-state index contributed by atoms with van der Waals surface area (Å²) < 4.78 is 5.77. The van der Waals surface area contributed by atoms with Gasteiger partial charge in [0.2, 0.25) is 0 Å². The zero-order chi connectivity index (χ0) is 23.3. The maximum absolute atomic E-state index is 12.4. The molecule has 166 valence electrons. The van der Waals surface area contributed by atoms with Crippen molar-refractivity contribution >= 4 is 11.8 Å². The van der Waals surface area contributed by atoms with Crippen molar-refractivity contribution in [2.45, 2.75) is 40.3 Å². The minimum Gasteiger partial charge on any atom is -0.481 e. The van der Waals surface area contributed by atoms with Crippen molar-refractivity contribution in [2.75, 3.05) is 7.05 Å². The molecule has 1 atom stereocenters. The Morgan fingerprint density at radius 1 is 0.969 bits per heavy atom. The maximum Gasteiger partial charge on any atom is 0.261 e. The molecule has 2 aromatic carbocycles. The van der Waals surface area contributed by atoms with E-state index in [1.807, 2.05) is 69.3 Å². The van der Waals surface area contributed by atoms with Crippen molar-refractivity contribution in [3.8, 4) is 17.0 Å². The van der Waals surface area contributed by atoms with Crippen molar-refractivity contribution in [2.24, 2.45) is 0 Å². The van der Waals surface area contributed by atoms with Crippen molar-refractivity contribution in [1.82, 2.24) is 15.6 Å². The highest BCUT2D eigenvalue weighted by molar-refractivity contribution is 5.95. The van der Waals surface area contributed by atoms with Crippen molar-refractivity contribution in [1.29, 1.82) is 0 Å². The van der Waals surface area contributed by atoms with E-state index in [-0.39, 0.29) is 11.8 Å². The minimum absolute atomic E-state index is 0.150. The van der Waals surface area contributed by atoms with E-state index in [9.17, 15) is 9.59 Å². The average Bonchev–Trinajstić information content (AvgIpc) is 2.79. The minimum atomic E-state index is -0.595. The molecule has 32 heavy (non-hydrogen) atoms. The fourth-order valence-corrected chi connectivity index (χ4v) is 3.27. The predicted molar refractivity (Wildman–Crippen MR) is 126 cm³/mol. The number of aromatic nitrogens is 1. The second kappa shape index (κ2) is 10.1. The largest absolute Gasteiger partial charge is 0.481 e. The summed E-state index contributed by atoms with van der Waals surface area (Å²) in [5.41, 5.74) is 6.26. The molecule has 0 bridgehead atoms. The monoisotopic (exact) mass is 431 g/mol. The summed E-state index contributed by atoms with van der Waals surface area (Å²) in [6, 6.07) is 17.2. The number of nitrogens with one attached hydrogen (secondary N) is 2. The van der Waals surface area contributed by atoms with Crippen LogP contribution in [0.25, 0.3) is 11.3 Å². The van der Waals surface area contributed by atoms with Crippen LogP contribution >= 0.6 is 0 Å². The van der Waals surface area contributed by atoms with Gasteiger partial charge in [-0.2, -0.15) is 0 Å². The van der Waals surface area contributed by atoms with Crippen molar-refractivity contribution < 1.29 is 14.3 Å². The van der Waals surface area contributed by atoms with E-state index in [0.29, 0.717) is 23.6 Å². The molecule has 0 fully saturated rings. The highest BCUT2D eigenvalue weighted by Gasteiger charge is 2.15. The molecule has 0 unspecified atom stereocenters. The number of hydrogen-bond acceptors (Lipinski definition) is 4. The van der Waals surface area contributed by atoms with Gasteiger partial charge in [-0.15, -0.1) is 0 Å². The van der Waals surface area contributed by atoms with E-state index in [1.165, 1.54) is 5.56 Å². The Hall–Kier alpha value is -3.67. The SMILES string of the molecule is CNC(=O)c1ccc(-c2ccc(CNC(=O)[C@@H](C)Oc3ccc(C)c(C)c3)cc2)nc1C. The van der Waals surface area contributed by atoms with Gasteiger partial charge in [0, 0.05) is 19.2 Å². The number of benzene rings is 2. The Kier molecular flexibility index (Phi) is 7.25. The first-order valence-electron chi connectivity index (χ1n) is 10.6. The average molecular weight is 432 g/mol. The lowest BCUT2D eigenvalue weighted by molar-refractivity contribution is -0.127. The molecule has 0 radical (unpaired) electrons. The first-order chi connectivity index (χ1) is 15.3. The molecular weight excluding hydrogens is 402 g/mol. The summed E-state index contributed by atoms with van der Waals surface area (Å²) >= 11 is 0. The number of pyridine rings is 1. The molecule has 0 saturated heterocycles. The molecule has 6 nitrogen and oxygen atoms in total. The van der Waals surface area contributed by atoms with E-state index < -0.39 is 6.10 Å². The van der Waals surface area contributed by atoms with Crippen LogP contribution in [0.3, 0.4) is 0 Å². The zero-order valence-corrected chi connectivity index (χ0v) is 19.2. The Balaban J connectivity index is 1.58. The standard InChI is InChI=1S/C26H29N3O3/c1-16-6-11-22(14-17(16)2)32-19(4)25(30)28-15-20-7-9-21(10-8-20)24-13-12-23(18(3)29-24)26(31)27-5/h6-14,19H,15H2,1-5H3,(H,27,31)(H,28,30)/t19-/m1/s1. The first kappa shape index (κ1) is 23.0. The zero-order valence-electron chi connectivity index (χ0n) is 19.2. The highest BCUT2D eigenvalue weighted by atomic mass is 16.5. The number of ether oxygens (including phenoxy) is 1. The van der Waals surface area contributed by atoms with Gasteiger partial charge in [-0.05, 0) is 68.7 Å². The maximum atomic E-state index is 12.4. The number of nitrogens with zero attached hydrogens (tertiary/aromatic N) is 1. The number of carbonyl (C=O) groups excluding carboxylic acids is 2. The van der Waals surface area contributed by atoms with Crippen LogP contribution < -0.4 is 15.4 Å². The topological polar surface area (TPSA) is 80.3 Å². The van der Waals surface area contributed by atoms with Crippen LogP contribution in [0, 0.1) is 20.8 Å². The Morgan fingerprint density at radius 2 is 1.69 bits per heavy atom. The highest BCUT2D eigenvalue weighted by Crippen LogP contribution is 2.20. The third kappa shape index (κ3) is 5.52. The number of carbonyl (C=O) groups is 2. The van der Waals surface area contributed by atoms with Crippen LogP contribution in [-0.2, 0) is 11.3 Å². The molecule has 0 aliphatic carbocycles. The fourth-order valence-electron chi connectivity index (χ4n) is 3.27. The second-order valence-electron chi connectivity index (χ2n) is 7.83. The summed E-state index contributed by atoms with van der Waals surface area (Å²) in [5.74, 6) is 0.364. The van der Waals surface area contributed by atoms with Gasteiger partial charge in [0.15, 0.2) is 6.10 Å². The number of rotatable bonds is 7. The third-order valence-corrected chi connectivity index (χ3v) is 5.43. The molecule has 0 aliphatic rings. The molecule has 3 rings (SSSR count). The van der Waals surface area contributed by atoms with Gasteiger partial charge in [-0.1, -0.05) is 30.3 Å². The first-order valence-corrected chi connectivity index (χ1v) is 10.6. The van der Waals surface area contributed by atoms with E-state index >= 15 is 0 Å². The Bertz CT molecular complexity index is 1120. The second-order valence-corrected chi connectivity index (χ2v) is 7.83. The van der Waals surface area contributed by atoms with Gasteiger partial charge < -0.3 is 15.4 Å². The number of aryl methyl sites for hydroxylation is 3. The molecule has 1 aromatic heterocycles. The summed E-state index contributed by atoms with van der Waals surface area (Å²) in [7, 11) is 1.60. The van der Waals surface area contributed by atoms with E-state index in [0.717, 1.165) is 22.4 Å². The van der Waals surface area contributed by atoms with Crippen molar-refractivity contribution in [3.05, 3.63) is 82.5 Å². The van der Waals surface area contributed by atoms with Gasteiger partial charge in [-0.3, -0.25) is 14.6 Å². The summed E-state index contributed by atoms with van der Waals surface area (Å²) in [4.78, 5) is 28.8. The summed E-state index contributed by atoms with van der Waals surface area (Å²) in [6.07, 6.45) is -0.595. The summed E-state index contributed by atoms with van der Waals surface area (Å²) in [6.45, 7) is 8.02. The van der Waals surface area contributed by atoms with Crippen LogP contribution in [0.1, 0.15) is 39.7 Å². The lowest BCUT2D eigenvalue weighted by Crippen LogP contribution is -2.35. The summed E-state index contributed by atoms with van der Waals surface area (Å²) in [5, 5.41) is 5.53. The van der Waals surface area contributed by atoms with Gasteiger partial charge in [0.25, 0.3) is 11.8 Å². The molecule has 2 N–H and O–H groups in total. The molecule has 0 spiro atoms. The molecular formula is C26H29N3O3. The van der Waals surface area contributed by atoms with Gasteiger partial charge in [0.05, 0.1) is 17.0 Å². The Morgan fingerprint density at radius 3 is 2.31 bits per heavy atom. The van der Waals surface area contributed by atoms with Crippen LogP contribution in [0.2, 0.25) is 0 Å².